The average molecular weight is 217 g/mol. The minimum Gasteiger partial charge on any atom is -0.368 e. The number of ether oxygens (including phenoxy) is 1. The molecule has 0 saturated carbocycles. The topological polar surface area (TPSA) is 39.1 Å². The number of hydrogen-bond donors (Lipinski definition) is 1. The van der Waals surface area contributed by atoms with Crippen LogP contribution in [0, 0.1) is 0 Å². The van der Waals surface area contributed by atoms with E-state index in [9.17, 15) is 0 Å². The van der Waals surface area contributed by atoms with E-state index in [0.717, 1.165) is 36.6 Å². The molecule has 16 heavy (non-hydrogen) atoms. The van der Waals surface area contributed by atoms with Gasteiger partial charge in [0.1, 0.15) is 11.9 Å². The molecule has 0 aliphatic carbocycles. The van der Waals surface area contributed by atoms with Crippen LogP contribution >= 0.6 is 0 Å². The van der Waals surface area contributed by atoms with Gasteiger partial charge in [0.05, 0.1) is 17.6 Å². The van der Waals surface area contributed by atoms with Gasteiger partial charge in [-0.15, -0.1) is 0 Å². The first-order valence-corrected chi connectivity index (χ1v) is 5.60. The van der Waals surface area contributed by atoms with Gasteiger partial charge in [0.15, 0.2) is 0 Å². The Balaban J connectivity index is 2.05. The Morgan fingerprint density at radius 2 is 2.31 bits per heavy atom. The number of rotatable bonds is 1. The molecule has 0 bridgehead atoms. The largest absolute Gasteiger partial charge is 0.368 e. The van der Waals surface area contributed by atoms with Crippen LogP contribution in [-0.2, 0) is 11.8 Å². The van der Waals surface area contributed by atoms with Gasteiger partial charge in [-0.05, 0) is 12.1 Å². The van der Waals surface area contributed by atoms with Gasteiger partial charge in [-0.3, -0.25) is 0 Å². The van der Waals surface area contributed by atoms with Crippen LogP contribution in [0.5, 0.6) is 0 Å². The van der Waals surface area contributed by atoms with Crippen molar-refractivity contribution >= 4 is 11.0 Å². The maximum Gasteiger partial charge on any atom is 0.140 e. The minimum absolute atomic E-state index is 0.0751. The molecular weight excluding hydrogens is 202 g/mol. The number of benzene rings is 1. The number of imidazole rings is 1. The number of aromatic nitrogens is 2. The van der Waals surface area contributed by atoms with E-state index in [1.54, 1.807) is 0 Å². The molecule has 2 heterocycles. The van der Waals surface area contributed by atoms with Crippen LogP contribution in [0.1, 0.15) is 11.9 Å². The maximum atomic E-state index is 5.73. The highest BCUT2D eigenvalue weighted by Crippen LogP contribution is 2.22. The lowest BCUT2D eigenvalue weighted by atomic mass is 10.3. The van der Waals surface area contributed by atoms with Gasteiger partial charge in [0.2, 0.25) is 0 Å². The third-order valence-electron chi connectivity index (χ3n) is 3.04. The molecule has 1 N–H and O–H groups in total. The van der Waals surface area contributed by atoms with Crippen molar-refractivity contribution in [2.24, 2.45) is 7.05 Å². The van der Waals surface area contributed by atoms with Crippen molar-refractivity contribution in [3.63, 3.8) is 0 Å². The van der Waals surface area contributed by atoms with Crippen molar-refractivity contribution in [3.05, 3.63) is 30.1 Å². The molecule has 0 spiro atoms. The zero-order valence-corrected chi connectivity index (χ0v) is 9.31. The highest BCUT2D eigenvalue weighted by molar-refractivity contribution is 5.75. The minimum atomic E-state index is 0.0751. The van der Waals surface area contributed by atoms with Crippen LogP contribution in [0.3, 0.4) is 0 Å². The Labute approximate surface area is 94.2 Å². The highest BCUT2D eigenvalue weighted by atomic mass is 16.5. The van der Waals surface area contributed by atoms with E-state index >= 15 is 0 Å². The average Bonchev–Trinajstić information content (AvgIpc) is 2.69. The van der Waals surface area contributed by atoms with Crippen molar-refractivity contribution in [1.29, 1.82) is 0 Å². The number of morpholine rings is 1. The van der Waals surface area contributed by atoms with Crippen molar-refractivity contribution < 1.29 is 4.74 Å². The fraction of sp³-hybridized carbons (Fsp3) is 0.417. The predicted molar refractivity (Wildman–Crippen MR) is 62.3 cm³/mol. The molecule has 3 rings (SSSR count). The zero-order valence-electron chi connectivity index (χ0n) is 9.31. The Kier molecular flexibility index (Phi) is 2.38. The SMILES string of the molecule is Cn1c(C2CNCCO2)nc2ccccc21. The summed E-state index contributed by atoms with van der Waals surface area (Å²) in [5.41, 5.74) is 2.20. The fourth-order valence-electron chi connectivity index (χ4n) is 2.18. The van der Waals surface area contributed by atoms with Crippen molar-refractivity contribution in [1.82, 2.24) is 14.9 Å². The summed E-state index contributed by atoms with van der Waals surface area (Å²) in [6.07, 6.45) is 0.0751. The Morgan fingerprint density at radius 3 is 3.06 bits per heavy atom. The Bertz CT molecular complexity index is 500. The summed E-state index contributed by atoms with van der Waals surface area (Å²) < 4.78 is 7.85. The van der Waals surface area contributed by atoms with Gasteiger partial charge in [0, 0.05) is 20.1 Å². The second kappa shape index (κ2) is 3.88. The quantitative estimate of drug-likeness (QED) is 0.781. The third-order valence-corrected chi connectivity index (χ3v) is 3.04. The molecule has 1 aliphatic rings. The summed E-state index contributed by atoms with van der Waals surface area (Å²) in [5.74, 6) is 1.01. The molecule has 1 aromatic carbocycles. The van der Waals surface area contributed by atoms with Crippen molar-refractivity contribution in [2.45, 2.75) is 6.10 Å². The molecule has 2 aromatic rings. The molecule has 1 aromatic heterocycles. The van der Waals surface area contributed by atoms with Crippen molar-refractivity contribution in [3.8, 4) is 0 Å². The molecule has 1 atom stereocenters. The van der Waals surface area contributed by atoms with E-state index in [-0.39, 0.29) is 6.10 Å². The number of aryl methyl sites for hydroxylation is 1. The molecule has 1 aliphatic heterocycles. The number of para-hydroxylation sites is 2. The smallest absolute Gasteiger partial charge is 0.140 e. The lowest BCUT2D eigenvalue weighted by molar-refractivity contribution is 0.0208. The van der Waals surface area contributed by atoms with Gasteiger partial charge in [0.25, 0.3) is 0 Å². The first-order valence-electron chi connectivity index (χ1n) is 5.60. The molecule has 4 nitrogen and oxygen atoms in total. The number of nitrogens with zero attached hydrogens (tertiary/aromatic N) is 2. The van der Waals surface area contributed by atoms with Crippen LogP contribution in [0.25, 0.3) is 11.0 Å². The molecule has 1 saturated heterocycles. The highest BCUT2D eigenvalue weighted by Gasteiger charge is 2.21. The van der Waals surface area contributed by atoms with E-state index in [1.165, 1.54) is 0 Å². The third kappa shape index (κ3) is 1.50. The summed E-state index contributed by atoms with van der Waals surface area (Å²) in [5, 5.41) is 3.33. The molecule has 0 radical (unpaired) electrons. The second-order valence-corrected chi connectivity index (χ2v) is 4.08. The molecule has 1 unspecified atom stereocenters. The van der Waals surface area contributed by atoms with E-state index in [0.29, 0.717) is 0 Å². The Hall–Kier alpha value is -1.39. The maximum absolute atomic E-state index is 5.73. The van der Waals surface area contributed by atoms with E-state index < -0.39 is 0 Å². The van der Waals surface area contributed by atoms with Crippen LogP contribution in [0.2, 0.25) is 0 Å². The van der Waals surface area contributed by atoms with Gasteiger partial charge < -0.3 is 14.6 Å². The van der Waals surface area contributed by atoms with E-state index in [4.69, 9.17) is 4.74 Å². The van der Waals surface area contributed by atoms with E-state index in [1.807, 2.05) is 25.2 Å². The van der Waals surface area contributed by atoms with Crippen LogP contribution in [0.15, 0.2) is 24.3 Å². The number of nitrogens with one attached hydrogen (secondary N) is 1. The molecule has 84 valence electrons. The summed E-state index contributed by atoms with van der Waals surface area (Å²) >= 11 is 0. The van der Waals surface area contributed by atoms with Gasteiger partial charge >= 0.3 is 0 Å². The summed E-state index contributed by atoms with van der Waals surface area (Å²) in [6, 6.07) is 8.17. The van der Waals surface area contributed by atoms with Crippen LogP contribution in [-0.4, -0.2) is 29.2 Å². The van der Waals surface area contributed by atoms with Crippen LogP contribution < -0.4 is 5.32 Å². The molecular formula is C12H15N3O. The van der Waals surface area contributed by atoms with Gasteiger partial charge in [-0.2, -0.15) is 0 Å². The van der Waals surface area contributed by atoms with E-state index in [2.05, 4.69) is 20.9 Å². The normalized spacial score (nSPS) is 21.4. The zero-order chi connectivity index (χ0) is 11.0. The second-order valence-electron chi connectivity index (χ2n) is 4.08. The lowest BCUT2D eigenvalue weighted by Crippen LogP contribution is -2.34. The molecule has 4 heteroatoms. The Morgan fingerprint density at radius 1 is 1.44 bits per heavy atom. The molecule has 0 amide bonds. The van der Waals surface area contributed by atoms with Gasteiger partial charge in [-0.1, -0.05) is 12.1 Å². The van der Waals surface area contributed by atoms with Crippen LogP contribution in [0.4, 0.5) is 0 Å². The summed E-state index contributed by atoms with van der Waals surface area (Å²) in [6.45, 7) is 2.53. The summed E-state index contributed by atoms with van der Waals surface area (Å²) in [7, 11) is 2.04. The summed E-state index contributed by atoms with van der Waals surface area (Å²) in [4.78, 5) is 4.63. The molecule has 1 fully saturated rings. The number of hydrogen-bond acceptors (Lipinski definition) is 3. The first-order chi connectivity index (χ1) is 7.86. The predicted octanol–water partition coefficient (Wildman–Crippen LogP) is 1.23. The lowest BCUT2D eigenvalue weighted by Gasteiger charge is -2.23. The number of fused-ring (bicyclic) bond motifs is 1. The first kappa shape index (κ1) is 9.81. The fourth-order valence-corrected chi connectivity index (χ4v) is 2.18. The monoisotopic (exact) mass is 217 g/mol. The van der Waals surface area contributed by atoms with Gasteiger partial charge in [-0.25, -0.2) is 4.98 Å². The van der Waals surface area contributed by atoms with Crippen molar-refractivity contribution in [2.75, 3.05) is 19.7 Å². The standard InChI is InChI=1S/C12H15N3O/c1-15-10-5-3-2-4-9(10)14-12(15)11-8-13-6-7-16-11/h2-5,11,13H,6-8H2,1H3.